The van der Waals surface area contributed by atoms with Gasteiger partial charge in [-0.05, 0) is 62.4 Å². The second kappa shape index (κ2) is 7.44. The van der Waals surface area contributed by atoms with Gasteiger partial charge in [0.15, 0.2) is 0 Å². The van der Waals surface area contributed by atoms with Crippen LogP contribution < -0.4 is 11.1 Å². The molecule has 1 aromatic rings. The van der Waals surface area contributed by atoms with Gasteiger partial charge in [-0.25, -0.2) is 0 Å². The number of carbonyl (C=O) groups excluding carboxylic acids is 1. The van der Waals surface area contributed by atoms with Crippen molar-refractivity contribution in [3.8, 4) is 0 Å². The van der Waals surface area contributed by atoms with Crippen LogP contribution in [0.25, 0.3) is 5.57 Å². The lowest BCUT2D eigenvalue weighted by atomic mass is 9.96. The van der Waals surface area contributed by atoms with Crippen LogP contribution in [-0.2, 0) is 9.53 Å². The molecule has 4 N–H and O–H groups in total. The van der Waals surface area contributed by atoms with Crippen molar-refractivity contribution >= 4 is 22.9 Å². The average Bonchev–Trinajstić information content (AvgIpc) is 2.89. The molecule has 0 aliphatic carbocycles. The van der Waals surface area contributed by atoms with Crippen LogP contribution in [0.3, 0.4) is 0 Å². The molecule has 6 nitrogen and oxygen atoms in total. The van der Waals surface area contributed by atoms with Crippen molar-refractivity contribution in [3.05, 3.63) is 35.4 Å². The number of ether oxygens (including phenoxy) is 1. The molecule has 0 radical (unpaired) electrons. The molecular weight excluding hydrogens is 340 g/mol. The van der Waals surface area contributed by atoms with Gasteiger partial charge in [0.2, 0.25) is 0 Å². The Kier molecular flexibility index (Phi) is 5.02. The van der Waals surface area contributed by atoms with E-state index in [1.807, 2.05) is 12.1 Å². The summed E-state index contributed by atoms with van der Waals surface area (Å²) in [5, 5.41) is 11.4. The minimum atomic E-state index is -0.325. The van der Waals surface area contributed by atoms with Crippen molar-refractivity contribution in [1.82, 2.24) is 10.2 Å². The first kappa shape index (κ1) is 18.2. The number of carbonyl (C=O) groups is 1. The maximum Gasteiger partial charge on any atom is 0.270 e. The van der Waals surface area contributed by atoms with Gasteiger partial charge >= 0.3 is 0 Å². The highest BCUT2D eigenvalue weighted by Gasteiger charge is 2.39. The molecular formula is C21H28N4O2. The van der Waals surface area contributed by atoms with Crippen molar-refractivity contribution in [2.75, 3.05) is 26.0 Å². The van der Waals surface area contributed by atoms with Gasteiger partial charge in [-0.2, -0.15) is 0 Å². The highest BCUT2D eigenvalue weighted by molar-refractivity contribution is 6.45. The van der Waals surface area contributed by atoms with E-state index in [0.717, 1.165) is 24.8 Å². The number of anilines is 1. The van der Waals surface area contributed by atoms with Gasteiger partial charge in [-0.3, -0.25) is 10.2 Å². The van der Waals surface area contributed by atoms with E-state index in [4.69, 9.17) is 15.9 Å². The molecule has 2 fully saturated rings. The second-order valence-electron chi connectivity index (χ2n) is 7.92. The molecule has 2 saturated heterocycles. The van der Waals surface area contributed by atoms with E-state index in [-0.39, 0.29) is 17.7 Å². The van der Waals surface area contributed by atoms with E-state index < -0.39 is 0 Å². The Labute approximate surface area is 160 Å². The first-order chi connectivity index (χ1) is 13.0. The Morgan fingerprint density at radius 3 is 2.67 bits per heavy atom. The fraction of sp³-hybridized carbons (Fsp3) is 0.524. The molecule has 0 saturated carbocycles. The zero-order valence-electron chi connectivity index (χ0n) is 15.8. The molecule has 3 heterocycles. The molecule has 2 atom stereocenters. The number of fused-ring (bicyclic) bond motifs is 2. The lowest BCUT2D eigenvalue weighted by Gasteiger charge is -2.36. The summed E-state index contributed by atoms with van der Waals surface area (Å²) in [5.41, 5.74) is 9.36. The van der Waals surface area contributed by atoms with Gasteiger partial charge in [-0.15, -0.1) is 0 Å². The van der Waals surface area contributed by atoms with Crippen LogP contribution in [0, 0.1) is 5.41 Å². The first-order valence-corrected chi connectivity index (χ1v) is 9.81. The molecule has 144 valence electrons. The van der Waals surface area contributed by atoms with E-state index in [1.54, 1.807) is 6.07 Å². The zero-order chi connectivity index (χ0) is 19.0. The number of rotatable bonds is 4. The standard InChI is InChI=1S/C21H28N4O2/c1-25-16-3-4-17(25)12-15(11-16)24-21(26)20(23)18-5-2-14(10-19(18)22)13-6-8-27-9-7-13/h2,5-6,10,15-17,23H,3-4,7-9,11-12,22H2,1H3,(H,24,26). The Balaban J connectivity index is 1.43. The van der Waals surface area contributed by atoms with E-state index in [1.165, 1.54) is 18.4 Å². The predicted molar refractivity (Wildman–Crippen MR) is 107 cm³/mol. The van der Waals surface area contributed by atoms with Crippen molar-refractivity contribution < 1.29 is 9.53 Å². The molecule has 6 heteroatoms. The fourth-order valence-corrected chi connectivity index (χ4v) is 4.69. The van der Waals surface area contributed by atoms with Gasteiger partial charge in [0.1, 0.15) is 5.71 Å². The maximum absolute atomic E-state index is 12.6. The maximum atomic E-state index is 12.6. The number of benzene rings is 1. The molecule has 4 rings (SSSR count). The highest BCUT2D eigenvalue weighted by atomic mass is 16.5. The minimum absolute atomic E-state index is 0.0497. The van der Waals surface area contributed by atoms with Crippen LogP contribution in [0.1, 0.15) is 43.2 Å². The summed E-state index contributed by atoms with van der Waals surface area (Å²) in [6.07, 6.45) is 7.27. The number of hydrogen-bond acceptors (Lipinski definition) is 5. The van der Waals surface area contributed by atoms with Gasteiger partial charge in [-0.1, -0.05) is 12.1 Å². The van der Waals surface area contributed by atoms with Crippen molar-refractivity contribution in [3.63, 3.8) is 0 Å². The number of nitrogens with two attached hydrogens (primary N) is 1. The summed E-state index contributed by atoms with van der Waals surface area (Å²) in [6.45, 7) is 1.33. The zero-order valence-corrected chi connectivity index (χ0v) is 15.8. The molecule has 3 aliphatic rings. The lowest BCUT2D eigenvalue weighted by Crippen LogP contribution is -2.50. The summed E-state index contributed by atoms with van der Waals surface area (Å²) in [6, 6.07) is 6.87. The third-order valence-corrected chi connectivity index (χ3v) is 6.32. The summed E-state index contributed by atoms with van der Waals surface area (Å²) in [4.78, 5) is 15.1. The third kappa shape index (κ3) is 3.64. The van der Waals surface area contributed by atoms with Crippen LogP contribution in [-0.4, -0.2) is 54.9 Å². The molecule has 0 spiro atoms. The smallest absolute Gasteiger partial charge is 0.270 e. The van der Waals surface area contributed by atoms with Crippen molar-refractivity contribution in [2.24, 2.45) is 0 Å². The first-order valence-electron chi connectivity index (χ1n) is 9.81. The van der Waals surface area contributed by atoms with Crippen LogP contribution in [0.2, 0.25) is 0 Å². The topological polar surface area (TPSA) is 91.4 Å². The number of amides is 1. The normalized spacial score (nSPS) is 27.9. The quantitative estimate of drug-likeness (QED) is 0.561. The number of piperidine rings is 1. The minimum Gasteiger partial charge on any atom is -0.398 e. The van der Waals surface area contributed by atoms with E-state index in [2.05, 4.69) is 23.3 Å². The van der Waals surface area contributed by atoms with Gasteiger partial charge in [0, 0.05) is 29.4 Å². The molecule has 2 bridgehead atoms. The number of nitrogens with zero attached hydrogens (tertiary/aromatic N) is 1. The molecule has 1 amide bonds. The van der Waals surface area contributed by atoms with Gasteiger partial charge in [0.05, 0.1) is 13.2 Å². The Hall–Kier alpha value is -2.18. The SMILES string of the molecule is CN1C2CCC1CC(NC(=O)C(=N)c1ccc(C3=CCOCC3)cc1N)C2. The summed E-state index contributed by atoms with van der Waals surface area (Å²) < 4.78 is 5.35. The van der Waals surface area contributed by atoms with Crippen LogP contribution in [0.4, 0.5) is 5.69 Å². The van der Waals surface area contributed by atoms with Crippen molar-refractivity contribution in [2.45, 2.75) is 50.2 Å². The lowest BCUT2D eigenvalue weighted by molar-refractivity contribution is -0.115. The van der Waals surface area contributed by atoms with Crippen LogP contribution in [0.15, 0.2) is 24.3 Å². The summed E-state index contributed by atoms with van der Waals surface area (Å²) in [5.74, 6) is -0.325. The highest BCUT2D eigenvalue weighted by Crippen LogP contribution is 2.34. The van der Waals surface area contributed by atoms with Gasteiger partial charge < -0.3 is 20.7 Å². The number of hydrogen-bond donors (Lipinski definition) is 3. The van der Waals surface area contributed by atoms with E-state index >= 15 is 0 Å². The Bertz CT molecular complexity index is 774. The molecule has 0 aromatic heterocycles. The van der Waals surface area contributed by atoms with Crippen molar-refractivity contribution in [1.29, 1.82) is 5.41 Å². The largest absolute Gasteiger partial charge is 0.398 e. The number of nitrogen functional groups attached to an aromatic ring is 1. The second-order valence-corrected chi connectivity index (χ2v) is 7.92. The average molecular weight is 368 g/mol. The van der Waals surface area contributed by atoms with Crippen LogP contribution >= 0.6 is 0 Å². The summed E-state index contributed by atoms with van der Waals surface area (Å²) in [7, 11) is 2.18. The van der Waals surface area contributed by atoms with Crippen LogP contribution in [0.5, 0.6) is 0 Å². The van der Waals surface area contributed by atoms with E-state index in [0.29, 0.717) is 36.5 Å². The van der Waals surface area contributed by atoms with Gasteiger partial charge in [0.25, 0.3) is 5.91 Å². The Morgan fingerprint density at radius 2 is 2.04 bits per heavy atom. The number of nitrogens with one attached hydrogen (secondary N) is 2. The Morgan fingerprint density at radius 1 is 1.30 bits per heavy atom. The van der Waals surface area contributed by atoms with E-state index in [9.17, 15) is 4.79 Å². The fourth-order valence-electron chi connectivity index (χ4n) is 4.69. The monoisotopic (exact) mass is 368 g/mol. The molecule has 3 aliphatic heterocycles. The molecule has 2 unspecified atom stereocenters. The third-order valence-electron chi connectivity index (χ3n) is 6.32. The molecule has 27 heavy (non-hydrogen) atoms. The summed E-state index contributed by atoms with van der Waals surface area (Å²) >= 11 is 0. The predicted octanol–water partition coefficient (Wildman–Crippen LogP) is 2.18. The molecule has 1 aromatic carbocycles.